The number of carboxylic acids is 1. The predicted molar refractivity (Wildman–Crippen MR) is 133 cm³/mol. The molecule has 1 aromatic heterocycles. The first kappa shape index (κ1) is 25.8. The molecule has 0 bridgehead atoms. The van der Waals surface area contributed by atoms with Crippen LogP contribution < -0.4 is 10.6 Å². The Hall–Kier alpha value is -3.78. The molecule has 0 radical (unpaired) electrons. The molecule has 35 heavy (non-hydrogen) atoms. The topological polar surface area (TPSA) is 108 Å². The van der Waals surface area contributed by atoms with Crippen LogP contribution in [-0.4, -0.2) is 27.8 Å². The minimum absolute atomic E-state index is 0.0207. The van der Waals surface area contributed by atoms with Crippen LogP contribution >= 0.6 is 11.6 Å². The zero-order valence-electron chi connectivity index (χ0n) is 19.1. The molecule has 0 spiro atoms. The van der Waals surface area contributed by atoms with Crippen LogP contribution in [-0.2, 0) is 22.4 Å². The minimum Gasteiger partial charge on any atom is -0.481 e. The molecule has 0 saturated carbocycles. The number of carbonyl (C=O) groups excluding carboxylic acids is 2. The zero-order chi connectivity index (χ0) is 25.4. The summed E-state index contributed by atoms with van der Waals surface area (Å²) in [4.78, 5) is 40.2. The first-order valence-corrected chi connectivity index (χ1v) is 11.5. The van der Waals surface area contributed by atoms with E-state index in [2.05, 4.69) is 15.6 Å². The van der Waals surface area contributed by atoms with Crippen molar-refractivity contribution in [3.8, 4) is 0 Å². The summed E-state index contributed by atoms with van der Waals surface area (Å²) in [6.07, 6.45) is 3.09. The first-order chi connectivity index (χ1) is 16.7. The number of aryl methyl sites for hydroxylation is 1. The molecule has 1 amide bonds. The number of anilines is 3. The molecule has 0 atom stereocenters. The number of carbonyl (C=O) groups is 3. The van der Waals surface area contributed by atoms with Crippen molar-refractivity contribution < 1.29 is 23.9 Å². The van der Waals surface area contributed by atoms with Crippen LogP contribution in [0.3, 0.4) is 0 Å². The zero-order valence-corrected chi connectivity index (χ0v) is 19.9. The van der Waals surface area contributed by atoms with Crippen LogP contribution in [0.15, 0.2) is 54.7 Å². The van der Waals surface area contributed by atoms with Crippen molar-refractivity contribution in [1.29, 1.82) is 0 Å². The quantitative estimate of drug-likeness (QED) is 0.309. The van der Waals surface area contributed by atoms with Gasteiger partial charge in [-0.25, -0.2) is 4.39 Å². The van der Waals surface area contributed by atoms with Gasteiger partial charge < -0.3 is 15.7 Å². The monoisotopic (exact) mass is 497 g/mol. The number of aromatic nitrogens is 1. The van der Waals surface area contributed by atoms with Crippen LogP contribution in [0.5, 0.6) is 0 Å². The van der Waals surface area contributed by atoms with Gasteiger partial charge in [0.2, 0.25) is 0 Å². The second kappa shape index (κ2) is 12.1. The lowest BCUT2D eigenvalue weighted by Gasteiger charge is -2.14. The molecule has 1 heterocycles. The highest BCUT2D eigenvalue weighted by Crippen LogP contribution is 2.26. The number of hydrogen-bond acceptors (Lipinski definition) is 5. The number of carboxylic acid groups (broad SMARTS) is 1. The molecule has 182 valence electrons. The molecule has 3 N–H and O–H groups in total. The smallest absolute Gasteiger partial charge is 0.303 e. The van der Waals surface area contributed by atoms with E-state index in [0.717, 1.165) is 12.0 Å². The van der Waals surface area contributed by atoms with Crippen molar-refractivity contribution >= 4 is 46.3 Å². The number of amides is 1. The van der Waals surface area contributed by atoms with E-state index in [1.807, 2.05) is 6.92 Å². The minimum atomic E-state index is -0.878. The van der Waals surface area contributed by atoms with Crippen molar-refractivity contribution in [3.05, 3.63) is 82.4 Å². The number of pyridine rings is 1. The molecule has 0 fully saturated rings. The predicted octanol–water partition coefficient (Wildman–Crippen LogP) is 5.80. The third-order valence-electron chi connectivity index (χ3n) is 5.15. The van der Waals surface area contributed by atoms with Gasteiger partial charge in [-0.2, -0.15) is 0 Å². The van der Waals surface area contributed by atoms with Crippen LogP contribution in [0.25, 0.3) is 0 Å². The van der Waals surface area contributed by atoms with E-state index < -0.39 is 17.7 Å². The van der Waals surface area contributed by atoms with Crippen LogP contribution in [0.4, 0.5) is 21.5 Å². The number of ketones is 1. The molecule has 7 nitrogen and oxygen atoms in total. The van der Waals surface area contributed by atoms with E-state index in [0.29, 0.717) is 35.6 Å². The van der Waals surface area contributed by atoms with Gasteiger partial charge in [0.15, 0.2) is 0 Å². The van der Waals surface area contributed by atoms with E-state index in [9.17, 15) is 18.8 Å². The normalized spacial score (nSPS) is 10.6. The third kappa shape index (κ3) is 7.61. The maximum atomic E-state index is 13.6. The number of rotatable bonds is 11. The molecule has 0 aliphatic rings. The Morgan fingerprint density at radius 3 is 2.40 bits per heavy atom. The maximum absolute atomic E-state index is 13.6. The molecule has 3 rings (SSSR count). The van der Waals surface area contributed by atoms with Crippen LogP contribution in [0.1, 0.15) is 47.8 Å². The Kier molecular flexibility index (Phi) is 8.92. The van der Waals surface area contributed by atoms with Gasteiger partial charge in [0.1, 0.15) is 11.6 Å². The number of nitrogens with zero attached hydrogens (tertiary/aromatic N) is 1. The molecule has 0 unspecified atom stereocenters. The average molecular weight is 498 g/mol. The summed E-state index contributed by atoms with van der Waals surface area (Å²) in [5.74, 6) is -1.85. The van der Waals surface area contributed by atoms with Crippen LogP contribution in [0, 0.1) is 5.82 Å². The maximum Gasteiger partial charge on any atom is 0.303 e. The van der Waals surface area contributed by atoms with Gasteiger partial charge in [0.05, 0.1) is 16.3 Å². The molecule has 0 saturated heterocycles. The van der Waals surface area contributed by atoms with Crippen molar-refractivity contribution in [2.45, 2.75) is 39.0 Å². The van der Waals surface area contributed by atoms with Crippen molar-refractivity contribution in [3.63, 3.8) is 0 Å². The number of halogens is 2. The van der Waals surface area contributed by atoms with Gasteiger partial charge in [-0.1, -0.05) is 30.7 Å². The SMILES string of the molecule is CCCC(=O)Cc1cc(Nc2ccc(F)c(Cl)c2)c(C(=O)Nc2ccc(CCC(=O)O)cc2)cn1. The van der Waals surface area contributed by atoms with E-state index in [1.165, 1.54) is 24.4 Å². The average Bonchev–Trinajstić information content (AvgIpc) is 2.81. The number of benzene rings is 2. The van der Waals surface area contributed by atoms with E-state index in [4.69, 9.17) is 16.7 Å². The second-order valence-corrected chi connectivity index (χ2v) is 8.39. The number of nitrogens with one attached hydrogen (secondary N) is 2. The molecular weight excluding hydrogens is 473 g/mol. The first-order valence-electron chi connectivity index (χ1n) is 11.1. The Morgan fingerprint density at radius 2 is 1.74 bits per heavy atom. The summed E-state index contributed by atoms with van der Waals surface area (Å²) >= 11 is 5.89. The Balaban J connectivity index is 1.84. The van der Waals surface area contributed by atoms with Crippen molar-refractivity contribution in [2.24, 2.45) is 0 Å². The molecular formula is C26H25ClFN3O4. The summed E-state index contributed by atoms with van der Waals surface area (Å²) in [6, 6.07) is 12.6. The van der Waals surface area contributed by atoms with Gasteiger partial charge in [0, 0.05) is 42.5 Å². The highest BCUT2D eigenvalue weighted by Gasteiger charge is 2.16. The largest absolute Gasteiger partial charge is 0.481 e. The molecule has 2 aromatic carbocycles. The van der Waals surface area contributed by atoms with E-state index >= 15 is 0 Å². The molecule has 3 aromatic rings. The van der Waals surface area contributed by atoms with Gasteiger partial charge in [0.25, 0.3) is 5.91 Å². The Labute approximate surface area is 207 Å². The standard InChI is InChI=1S/C26H25ClFN3O4/c1-2-3-20(32)12-19-14-24(30-18-9-10-23(28)22(27)13-18)21(15-29-19)26(35)31-17-7-4-16(5-8-17)6-11-25(33)34/h4-5,7-10,13-15H,2-3,6,11-12H2,1H3,(H,29,30)(H,31,35)(H,33,34). The summed E-state index contributed by atoms with van der Waals surface area (Å²) < 4.78 is 13.6. The lowest BCUT2D eigenvalue weighted by molar-refractivity contribution is -0.137. The molecule has 9 heteroatoms. The van der Waals surface area contributed by atoms with E-state index in [1.54, 1.807) is 30.3 Å². The van der Waals surface area contributed by atoms with Crippen LogP contribution in [0.2, 0.25) is 5.02 Å². The van der Waals surface area contributed by atoms with Gasteiger partial charge in [-0.15, -0.1) is 0 Å². The fourth-order valence-corrected chi connectivity index (χ4v) is 3.56. The molecule has 0 aliphatic carbocycles. The second-order valence-electron chi connectivity index (χ2n) is 7.99. The highest BCUT2D eigenvalue weighted by atomic mass is 35.5. The van der Waals surface area contributed by atoms with Gasteiger partial charge in [-0.05, 0) is 54.8 Å². The molecule has 0 aliphatic heterocycles. The highest BCUT2D eigenvalue weighted by molar-refractivity contribution is 6.31. The number of hydrogen-bond donors (Lipinski definition) is 3. The number of aliphatic carboxylic acids is 1. The summed E-state index contributed by atoms with van der Waals surface area (Å²) in [5.41, 5.74) is 2.92. The third-order valence-corrected chi connectivity index (χ3v) is 5.44. The van der Waals surface area contributed by atoms with Crippen molar-refractivity contribution in [2.75, 3.05) is 10.6 Å². The number of Topliss-reactive ketones (excluding diaryl/α,β-unsaturated/α-hetero) is 1. The van der Waals surface area contributed by atoms with E-state index in [-0.39, 0.29) is 29.2 Å². The van der Waals surface area contributed by atoms with Gasteiger partial charge in [-0.3, -0.25) is 19.4 Å². The lowest BCUT2D eigenvalue weighted by Crippen LogP contribution is -2.15. The summed E-state index contributed by atoms with van der Waals surface area (Å²) in [6.45, 7) is 1.92. The summed E-state index contributed by atoms with van der Waals surface area (Å²) in [7, 11) is 0. The fraction of sp³-hybridized carbons (Fsp3) is 0.231. The Morgan fingerprint density at radius 1 is 1.03 bits per heavy atom. The van der Waals surface area contributed by atoms with Gasteiger partial charge >= 0.3 is 5.97 Å². The summed E-state index contributed by atoms with van der Waals surface area (Å²) in [5, 5.41) is 14.6. The van der Waals surface area contributed by atoms with Crippen molar-refractivity contribution in [1.82, 2.24) is 4.98 Å². The Bertz CT molecular complexity index is 1230. The fourth-order valence-electron chi connectivity index (χ4n) is 3.38. The lowest BCUT2D eigenvalue weighted by atomic mass is 10.1.